The van der Waals surface area contributed by atoms with Crippen molar-refractivity contribution in [3.8, 4) is 5.75 Å². The summed E-state index contributed by atoms with van der Waals surface area (Å²) in [4.78, 5) is 23.4. The van der Waals surface area contributed by atoms with Gasteiger partial charge in [0.25, 0.3) is 5.91 Å². The second kappa shape index (κ2) is 8.14. The molecule has 0 aliphatic carbocycles. The minimum atomic E-state index is -0.417. The normalized spacial score (nSPS) is 10.3. The standard InChI is InChI=1S/C17H22N4O3/c1-12-4-5-14(3)15(8-12)24-11-17(23)20-19-16(22)6-7-21-10-13(2)9-18-21/h4-5,8-10H,6-7,11H2,1-3H3,(H,19,22)(H,20,23). The highest BCUT2D eigenvalue weighted by Crippen LogP contribution is 2.18. The van der Waals surface area contributed by atoms with Crippen molar-refractivity contribution in [1.29, 1.82) is 0 Å². The van der Waals surface area contributed by atoms with Crippen molar-refractivity contribution >= 4 is 11.8 Å². The van der Waals surface area contributed by atoms with Crippen LogP contribution < -0.4 is 15.6 Å². The third-order valence-electron chi connectivity index (χ3n) is 3.37. The van der Waals surface area contributed by atoms with Crippen molar-refractivity contribution in [2.75, 3.05) is 6.61 Å². The van der Waals surface area contributed by atoms with E-state index in [-0.39, 0.29) is 18.9 Å². The minimum Gasteiger partial charge on any atom is -0.483 e. The fraction of sp³-hybridized carbons (Fsp3) is 0.353. The summed E-state index contributed by atoms with van der Waals surface area (Å²) in [5.41, 5.74) is 7.74. The first-order valence-electron chi connectivity index (χ1n) is 7.71. The number of rotatable bonds is 6. The molecule has 2 amide bonds. The van der Waals surface area contributed by atoms with E-state index in [9.17, 15) is 9.59 Å². The Kier molecular flexibility index (Phi) is 5.95. The Balaban J connectivity index is 1.68. The topological polar surface area (TPSA) is 85.3 Å². The number of ether oxygens (including phenoxy) is 1. The van der Waals surface area contributed by atoms with E-state index >= 15 is 0 Å². The molecule has 0 aliphatic rings. The number of hydrogen-bond donors (Lipinski definition) is 2. The quantitative estimate of drug-likeness (QED) is 0.785. The molecule has 0 unspecified atom stereocenters. The first-order valence-corrected chi connectivity index (χ1v) is 7.71. The van der Waals surface area contributed by atoms with Crippen LogP contribution in [0.25, 0.3) is 0 Å². The number of benzene rings is 1. The number of nitrogens with zero attached hydrogens (tertiary/aromatic N) is 2. The molecule has 0 saturated heterocycles. The summed E-state index contributed by atoms with van der Waals surface area (Å²) in [6, 6.07) is 5.78. The van der Waals surface area contributed by atoms with E-state index in [2.05, 4.69) is 16.0 Å². The second-order valence-corrected chi connectivity index (χ2v) is 5.68. The summed E-state index contributed by atoms with van der Waals surface area (Å²) >= 11 is 0. The maximum atomic E-state index is 11.7. The van der Waals surface area contributed by atoms with Gasteiger partial charge in [0.1, 0.15) is 5.75 Å². The van der Waals surface area contributed by atoms with E-state index in [1.807, 2.05) is 45.2 Å². The number of aryl methyl sites for hydroxylation is 4. The van der Waals surface area contributed by atoms with Crippen LogP contribution in [0.2, 0.25) is 0 Å². The van der Waals surface area contributed by atoms with Crippen LogP contribution in [0.5, 0.6) is 5.75 Å². The SMILES string of the molecule is Cc1ccc(C)c(OCC(=O)NNC(=O)CCn2cc(C)cn2)c1. The molecule has 1 aromatic heterocycles. The Bertz CT molecular complexity index is 724. The zero-order valence-corrected chi connectivity index (χ0v) is 14.1. The predicted octanol–water partition coefficient (Wildman–Crippen LogP) is 1.42. The fourth-order valence-corrected chi connectivity index (χ4v) is 2.05. The Morgan fingerprint density at radius 3 is 2.58 bits per heavy atom. The van der Waals surface area contributed by atoms with Gasteiger partial charge in [-0.05, 0) is 43.5 Å². The van der Waals surface area contributed by atoms with E-state index in [0.29, 0.717) is 12.3 Å². The van der Waals surface area contributed by atoms with Gasteiger partial charge in [0.05, 0.1) is 6.20 Å². The molecular weight excluding hydrogens is 308 g/mol. The molecule has 0 radical (unpaired) electrons. The monoisotopic (exact) mass is 330 g/mol. The number of hydrogen-bond acceptors (Lipinski definition) is 4. The lowest BCUT2D eigenvalue weighted by Crippen LogP contribution is -2.44. The van der Waals surface area contributed by atoms with Gasteiger partial charge in [0, 0.05) is 19.2 Å². The average Bonchev–Trinajstić information content (AvgIpc) is 2.97. The van der Waals surface area contributed by atoms with Crippen LogP contribution in [0.3, 0.4) is 0 Å². The van der Waals surface area contributed by atoms with Crippen LogP contribution in [-0.4, -0.2) is 28.2 Å². The highest BCUT2D eigenvalue weighted by atomic mass is 16.5. The van der Waals surface area contributed by atoms with Crippen molar-refractivity contribution in [3.05, 3.63) is 47.3 Å². The molecule has 0 atom stereocenters. The van der Waals surface area contributed by atoms with Crippen molar-refractivity contribution in [1.82, 2.24) is 20.6 Å². The number of carbonyl (C=O) groups excluding carboxylic acids is 2. The summed E-state index contributed by atoms with van der Waals surface area (Å²) in [6.45, 7) is 6.08. The molecule has 7 heteroatoms. The third-order valence-corrected chi connectivity index (χ3v) is 3.37. The molecule has 0 saturated carbocycles. The molecule has 0 fully saturated rings. The zero-order chi connectivity index (χ0) is 17.5. The number of hydrazine groups is 1. The Morgan fingerprint density at radius 2 is 1.88 bits per heavy atom. The van der Waals surface area contributed by atoms with Gasteiger partial charge in [0.15, 0.2) is 6.61 Å². The molecule has 0 spiro atoms. The third kappa shape index (κ3) is 5.42. The maximum Gasteiger partial charge on any atom is 0.276 e. The molecule has 0 aliphatic heterocycles. The van der Waals surface area contributed by atoms with Gasteiger partial charge in [-0.25, -0.2) is 0 Å². The number of nitrogens with one attached hydrogen (secondary N) is 2. The Labute approximate surface area is 141 Å². The number of aromatic nitrogens is 2. The van der Waals surface area contributed by atoms with E-state index < -0.39 is 5.91 Å². The molecule has 24 heavy (non-hydrogen) atoms. The summed E-state index contributed by atoms with van der Waals surface area (Å²) in [6.07, 6.45) is 3.80. The van der Waals surface area contributed by atoms with Crippen LogP contribution in [0, 0.1) is 20.8 Å². The van der Waals surface area contributed by atoms with Gasteiger partial charge < -0.3 is 4.74 Å². The van der Waals surface area contributed by atoms with Gasteiger partial charge in [-0.2, -0.15) is 5.10 Å². The number of amides is 2. The van der Waals surface area contributed by atoms with Gasteiger partial charge in [-0.3, -0.25) is 25.1 Å². The summed E-state index contributed by atoms with van der Waals surface area (Å²) in [5.74, 6) is -0.0482. The highest BCUT2D eigenvalue weighted by molar-refractivity contribution is 5.82. The molecule has 1 heterocycles. The lowest BCUT2D eigenvalue weighted by Gasteiger charge is -2.11. The fourth-order valence-electron chi connectivity index (χ4n) is 2.05. The lowest BCUT2D eigenvalue weighted by atomic mass is 10.1. The molecule has 2 N–H and O–H groups in total. The van der Waals surface area contributed by atoms with Crippen LogP contribution in [0.1, 0.15) is 23.1 Å². The minimum absolute atomic E-state index is 0.164. The Hall–Kier alpha value is -2.83. The molecule has 1 aromatic carbocycles. The van der Waals surface area contributed by atoms with Gasteiger partial charge in [0.2, 0.25) is 5.91 Å². The highest BCUT2D eigenvalue weighted by Gasteiger charge is 2.07. The van der Waals surface area contributed by atoms with Gasteiger partial charge in [-0.15, -0.1) is 0 Å². The Morgan fingerprint density at radius 1 is 1.12 bits per heavy atom. The second-order valence-electron chi connectivity index (χ2n) is 5.68. The van der Waals surface area contributed by atoms with Crippen molar-refractivity contribution in [2.24, 2.45) is 0 Å². The largest absolute Gasteiger partial charge is 0.483 e. The van der Waals surface area contributed by atoms with Crippen LogP contribution in [-0.2, 0) is 16.1 Å². The van der Waals surface area contributed by atoms with Crippen LogP contribution in [0.4, 0.5) is 0 Å². The molecule has 2 aromatic rings. The van der Waals surface area contributed by atoms with Crippen molar-refractivity contribution in [3.63, 3.8) is 0 Å². The summed E-state index contributed by atoms with van der Waals surface area (Å²) in [5, 5.41) is 4.09. The van der Waals surface area contributed by atoms with Crippen LogP contribution in [0.15, 0.2) is 30.6 Å². The maximum absolute atomic E-state index is 11.7. The summed E-state index contributed by atoms with van der Waals surface area (Å²) in [7, 11) is 0. The molecule has 0 bridgehead atoms. The first-order chi connectivity index (χ1) is 11.4. The molecule has 2 rings (SSSR count). The van der Waals surface area contributed by atoms with E-state index in [0.717, 1.165) is 16.7 Å². The smallest absolute Gasteiger partial charge is 0.276 e. The predicted molar refractivity (Wildman–Crippen MR) is 89.3 cm³/mol. The van der Waals surface area contributed by atoms with Gasteiger partial charge in [-0.1, -0.05) is 12.1 Å². The first kappa shape index (κ1) is 17.5. The zero-order valence-electron chi connectivity index (χ0n) is 14.1. The van der Waals surface area contributed by atoms with E-state index in [1.165, 1.54) is 0 Å². The van der Waals surface area contributed by atoms with Gasteiger partial charge >= 0.3 is 0 Å². The molecule has 7 nitrogen and oxygen atoms in total. The number of carbonyl (C=O) groups is 2. The van der Waals surface area contributed by atoms with Crippen LogP contribution >= 0.6 is 0 Å². The van der Waals surface area contributed by atoms with E-state index in [4.69, 9.17) is 4.74 Å². The lowest BCUT2D eigenvalue weighted by molar-refractivity contribution is -0.130. The molecule has 128 valence electrons. The molecular formula is C17H22N4O3. The average molecular weight is 330 g/mol. The summed E-state index contributed by atoms with van der Waals surface area (Å²) < 4.78 is 7.15. The van der Waals surface area contributed by atoms with Crippen molar-refractivity contribution < 1.29 is 14.3 Å². The van der Waals surface area contributed by atoms with Crippen molar-refractivity contribution in [2.45, 2.75) is 33.7 Å². The van der Waals surface area contributed by atoms with E-state index in [1.54, 1.807) is 10.9 Å².